The van der Waals surface area contributed by atoms with E-state index in [0.717, 1.165) is 0 Å². The molecule has 0 heterocycles. The molecule has 2 N–H and O–H groups in total. The average Bonchev–Trinajstić information content (AvgIpc) is 2.23. The van der Waals surface area contributed by atoms with E-state index in [1.165, 1.54) is 0 Å². The second kappa shape index (κ2) is 4.90. The van der Waals surface area contributed by atoms with Gasteiger partial charge in [-0.2, -0.15) is 26.3 Å². The summed E-state index contributed by atoms with van der Waals surface area (Å²) in [4.78, 5) is 0. The van der Waals surface area contributed by atoms with Gasteiger partial charge in [0.2, 0.25) is 0 Å². The number of hydrogen-bond donors (Lipinski definition) is 1. The van der Waals surface area contributed by atoms with Gasteiger partial charge in [-0.3, -0.25) is 0 Å². The topological polar surface area (TPSA) is 26.0 Å². The van der Waals surface area contributed by atoms with Crippen LogP contribution in [0.2, 0.25) is 0 Å². The third kappa shape index (κ3) is 3.40. The fraction of sp³-hybridized carbons (Fsp3) is 0.273. The second-order valence-electron chi connectivity index (χ2n) is 3.26. The molecule has 0 aromatic heterocycles. The maximum absolute atomic E-state index is 12.6. The highest BCUT2D eigenvalue weighted by Crippen LogP contribution is 2.36. The van der Waals surface area contributed by atoms with Crippen LogP contribution in [0.15, 0.2) is 18.2 Å². The summed E-state index contributed by atoms with van der Waals surface area (Å²) in [5, 5.41) is 0. The Morgan fingerprint density at radius 3 is 2.06 bits per heavy atom. The molecule has 0 unspecified atom stereocenters. The predicted molar refractivity (Wildman–Crippen MR) is 52.4 cm³/mol. The highest BCUT2D eigenvalue weighted by Gasteiger charge is 2.37. The van der Waals surface area contributed by atoms with E-state index in [4.69, 9.17) is 5.73 Å². The van der Waals surface area contributed by atoms with Crippen molar-refractivity contribution in [3.8, 4) is 11.8 Å². The van der Waals surface area contributed by atoms with E-state index < -0.39 is 29.0 Å². The molecule has 1 nitrogen and oxygen atoms in total. The van der Waals surface area contributed by atoms with E-state index in [1.807, 2.05) is 0 Å². The van der Waals surface area contributed by atoms with Crippen LogP contribution in [0.25, 0.3) is 0 Å². The molecule has 1 aromatic carbocycles. The molecule has 0 saturated heterocycles. The van der Waals surface area contributed by atoms with Crippen LogP contribution in [0.3, 0.4) is 0 Å². The van der Waals surface area contributed by atoms with Gasteiger partial charge in [-0.25, -0.2) is 0 Å². The first-order valence-corrected chi connectivity index (χ1v) is 4.63. The second-order valence-corrected chi connectivity index (χ2v) is 3.26. The number of alkyl halides is 6. The van der Waals surface area contributed by atoms with Crippen molar-refractivity contribution in [2.45, 2.75) is 12.4 Å². The van der Waals surface area contributed by atoms with Crippen molar-refractivity contribution in [3.05, 3.63) is 34.9 Å². The summed E-state index contributed by atoms with van der Waals surface area (Å²) in [5.74, 6) is 4.27. The number of hydrogen-bond acceptors (Lipinski definition) is 1. The molecule has 0 saturated carbocycles. The highest BCUT2D eigenvalue weighted by atomic mass is 19.4. The zero-order valence-electron chi connectivity index (χ0n) is 8.78. The monoisotopic (exact) mass is 267 g/mol. The lowest BCUT2D eigenvalue weighted by molar-refractivity contribution is -0.143. The molecular formula is C11H7F6N. The Morgan fingerprint density at radius 1 is 1.00 bits per heavy atom. The van der Waals surface area contributed by atoms with Crippen molar-refractivity contribution in [1.29, 1.82) is 0 Å². The van der Waals surface area contributed by atoms with Gasteiger partial charge in [0.25, 0.3) is 0 Å². The Labute approximate surface area is 98.6 Å². The summed E-state index contributed by atoms with van der Waals surface area (Å²) in [7, 11) is 0. The maximum atomic E-state index is 12.6. The fourth-order valence-corrected chi connectivity index (χ4v) is 1.21. The molecule has 1 aromatic rings. The van der Waals surface area contributed by atoms with Crippen LogP contribution >= 0.6 is 0 Å². The van der Waals surface area contributed by atoms with Gasteiger partial charge in [0, 0.05) is 5.56 Å². The molecule has 0 atom stereocenters. The Morgan fingerprint density at radius 2 is 1.61 bits per heavy atom. The number of benzene rings is 1. The first-order valence-electron chi connectivity index (χ1n) is 4.63. The Hall–Kier alpha value is -1.68. The van der Waals surface area contributed by atoms with Crippen molar-refractivity contribution in [3.63, 3.8) is 0 Å². The quantitative estimate of drug-likeness (QED) is 0.567. The van der Waals surface area contributed by atoms with Gasteiger partial charge in [0.05, 0.1) is 17.7 Å². The minimum atomic E-state index is -4.90. The lowest BCUT2D eigenvalue weighted by Gasteiger charge is -2.13. The van der Waals surface area contributed by atoms with Gasteiger partial charge in [-0.1, -0.05) is 11.8 Å². The van der Waals surface area contributed by atoms with E-state index in [1.54, 1.807) is 0 Å². The molecule has 0 fully saturated rings. The van der Waals surface area contributed by atoms with Gasteiger partial charge >= 0.3 is 12.4 Å². The lowest BCUT2D eigenvalue weighted by Crippen LogP contribution is -2.12. The van der Waals surface area contributed by atoms with Crippen molar-refractivity contribution < 1.29 is 26.3 Å². The molecule has 98 valence electrons. The smallest absolute Gasteiger partial charge is 0.320 e. The molecule has 18 heavy (non-hydrogen) atoms. The fourth-order valence-electron chi connectivity index (χ4n) is 1.21. The normalized spacial score (nSPS) is 11.9. The van der Waals surface area contributed by atoms with E-state index in [9.17, 15) is 26.3 Å². The van der Waals surface area contributed by atoms with Crippen molar-refractivity contribution >= 4 is 0 Å². The third-order valence-electron chi connectivity index (χ3n) is 1.98. The summed E-state index contributed by atoms with van der Waals surface area (Å²) in [6.07, 6.45) is -9.74. The van der Waals surface area contributed by atoms with Crippen LogP contribution < -0.4 is 5.73 Å². The summed E-state index contributed by atoms with van der Waals surface area (Å²) in [5.41, 5.74) is 1.69. The minimum Gasteiger partial charge on any atom is -0.320 e. The molecule has 0 radical (unpaired) electrons. The van der Waals surface area contributed by atoms with Crippen LogP contribution in [0.5, 0.6) is 0 Å². The van der Waals surface area contributed by atoms with E-state index in [0.29, 0.717) is 12.1 Å². The molecular weight excluding hydrogens is 260 g/mol. The lowest BCUT2D eigenvalue weighted by atomic mass is 10.0. The van der Waals surface area contributed by atoms with E-state index in [2.05, 4.69) is 11.8 Å². The molecule has 0 aliphatic rings. The van der Waals surface area contributed by atoms with Gasteiger partial charge in [0.15, 0.2) is 0 Å². The van der Waals surface area contributed by atoms with Crippen molar-refractivity contribution in [2.75, 3.05) is 6.54 Å². The van der Waals surface area contributed by atoms with Crippen molar-refractivity contribution in [1.82, 2.24) is 0 Å². The highest BCUT2D eigenvalue weighted by molar-refractivity contribution is 5.45. The first kappa shape index (κ1) is 14.4. The van der Waals surface area contributed by atoms with Crippen LogP contribution in [0, 0.1) is 11.8 Å². The summed E-state index contributed by atoms with van der Waals surface area (Å²) in [6, 6.07) is 1.28. The zero-order chi connectivity index (χ0) is 14.0. The largest absolute Gasteiger partial charge is 0.417 e. The van der Waals surface area contributed by atoms with Crippen LogP contribution in [-0.4, -0.2) is 6.54 Å². The van der Waals surface area contributed by atoms with Crippen LogP contribution in [0.4, 0.5) is 26.3 Å². The molecule has 0 amide bonds. The Balaban J connectivity index is 3.39. The van der Waals surface area contributed by atoms with Gasteiger partial charge in [-0.05, 0) is 18.2 Å². The third-order valence-corrected chi connectivity index (χ3v) is 1.98. The molecule has 0 aliphatic carbocycles. The van der Waals surface area contributed by atoms with E-state index >= 15 is 0 Å². The van der Waals surface area contributed by atoms with Crippen molar-refractivity contribution in [2.24, 2.45) is 5.73 Å². The van der Waals surface area contributed by atoms with Gasteiger partial charge in [-0.15, -0.1) is 0 Å². The van der Waals surface area contributed by atoms with Crippen LogP contribution in [0.1, 0.15) is 16.7 Å². The standard InChI is InChI=1S/C11H7F6N/c12-10(13,14)8-4-3-7(2-1-5-18)9(6-8)11(15,16)17/h3-4,6H,5,18H2. The van der Waals surface area contributed by atoms with Gasteiger partial charge < -0.3 is 5.73 Å². The molecule has 1 rings (SSSR count). The maximum Gasteiger partial charge on any atom is 0.417 e. The molecule has 0 bridgehead atoms. The summed E-state index contributed by atoms with van der Waals surface area (Å²) in [6.45, 7) is -0.182. The number of nitrogens with two attached hydrogens (primary N) is 1. The number of rotatable bonds is 0. The average molecular weight is 267 g/mol. The zero-order valence-corrected chi connectivity index (χ0v) is 8.78. The Bertz CT molecular complexity index is 489. The van der Waals surface area contributed by atoms with E-state index in [-0.39, 0.29) is 12.6 Å². The van der Waals surface area contributed by atoms with Gasteiger partial charge in [0.1, 0.15) is 0 Å². The molecule has 7 heteroatoms. The first-order chi connectivity index (χ1) is 8.16. The molecule has 0 spiro atoms. The Kier molecular flexibility index (Phi) is 3.92. The molecule has 0 aliphatic heterocycles. The summed E-state index contributed by atoms with van der Waals surface area (Å²) < 4.78 is 74.7. The van der Waals surface area contributed by atoms with Crippen LogP contribution in [-0.2, 0) is 12.4 Å². The summed E-state index contributed by atoms with van der Waals surface area (Å²) >= 11 is 0. The SMILES string of the molecule is NCC#Cc1ccc(C(F)(F)F)cc1C(F)(F)F. The number of halogens is 6. The minimum absolute atomic E-state index is 0.0422. The predicted octanol–water partition coefficient (Wildman–Crippen LogP) is 3.03.